The molecule has 0 radical (unpaired) electrons. The summed E-state index contributed by atoms with van der Waals surface area (Å²) in [5.74, 6) is 0.268. The van der Waals surface area contributed by atoms with E-state index in [1.165, 1.54) is 30.5 Å². The Balaban J connectivity index is 1.35. The molecule has 3 rings (SSSR count). The minimum Gasteiger partial charge on any atom is -0.508 e. The number of phenols is 1. The van der Waals surface area contributed by atoms with Gasteiger partial charge in [-0.25, -0.2) is 9.78 Å². The average Bonchev–Trinajstić information content (AvgIpc) is 2.77. The first kappa shape index (κ1) is 20.7. The second kappa shape index (κ2) is 10.5. The molecule has 0 unspecified atom stereocenters. The summed E-state index contributed by atoms with van der Waals surface area (Å²) in [6, 6.07) is 18.6. The van der Waals surface area contributed by atoms with Crippen LogP contribution in [0.25, 0.3) is 0 Å². The summed E-state index contributed by atoms with van der Waals surface area (Å²) in [6.07, 6.45) is 1.51. The lowest BCUT2D eigenvalue weighted by Gasteiger charge is -2.09. The van der Waals surface area contributed by atoms with Gasteiger partial charge in [-0.1, -0.05) is 30.3 Å². The summed E-state index contributed by atoms with van der Waals surface area (Å²) in [6.45, 7) is 0.927. The van der Waals surface area contributed by atoms with Crippen molar-refractivity contribution in [2.24, 2.45) is 0 Å². The van der Waals surface area contributed by atoms with Gasteiger partial charge < -0.3 is 25.8 Å². The molecule has 0 saturated carbocycles. The molecule has 0 aliphatic heterocycles. The highest BCUT2D eigenvalue weighted by Crippen LogP contribution is 2.13. The van der Waals surface area contributed by atoms with Crippen molar-refractivity contribution in [1.29, 1.82) is 0 Å². The lowest BCUT2D eigenvalue weighted by molar-refractivity contribution is 0.0954. The van der Waals surface area contributed by atoms with E-state index in [2.05, 4.69) is 20.9 Å². The number of urea groups is 1. The zero-order valence-electron chi connectivity index (χ0n) is 16.2. The Morgan fingerprint density at radius 1 is 0.900 bits per heavy atom. The third-order valence-electron chi connectivity index (χ3n) is 4.05. The van der Waals surface area contributed by atoms with Gasteiger partial charge >= 0.3 is 6.03 Å². The Hall–Kier alpha value is -4.07. The number of ether oxygens (including phenoxy) is 1. The molecule has 8 heteroatoms. The van der Waals surface area contributed by atoms with Crippen molar-refractivity contribution >= 4 is 17.6 Å². The topological polar surface area (TPSA) is 113 Å². The van der Waals surface area contributed by atoms with Gasteiger partial charge in [0.05, 0.1) is 11.9 Å². The lowest BCUT2D eigenvalue weighted by Crippen LogP contribution is -2.36. The van der Waals surface area contributed by atoms with Crippen LogP contribution in [0.3, 0.4) is 0 Å². The monoisotopic (exact) mass is 406 g/mol. The van der Waals surface area contributed by atoms with Crippen LogP contribution in [-0.2, 0) is 6.61 Å². The molecule has 0 aliphatic rings. The van der Waals surface area contributed by atoms with Crippen LogP contribution in [0.5, 0.6) is 11.6 Å². The Kier molecular flexibility index (Phi) is 7.21. The molecular weight excluding hydrogens is 384 g/mol. The van der Waals surface area contributed by atoms with Crippen LogP contribution < -0.4 is 20.7 Å². The summed E-state index contributed by atoms with van der Waals surface area (Å²) in [4.78, 5) is 28.0. The summed E-state index contributed by atoms with van der Waals surface area (Å²) in [5.41, 5.74) is 1.99. The molecule has 3 amide bonds. The number of rotatable bonds is 8. The Labute approximate surface area is 173 Å². The van der Waals surface area contributed by atoms with Crippen molar-refractivity contribution in [3.8, 4) is 11.6 Å². The van der Waals surface area contributed by atoms with E-state index in [1.807, 2.05) is 30.3 Å². The fourth-order valence-corrected chi connectivity index (χ4v) is 2.51. The normalized spacial score (nSPS) is 10.1. The van der Waals surface area contributed by atoms with Gasteiger partial charge in [0, 0.05) is 24.7 Å². The van der Waals surface area contributed by atoms with E-state index in [9.17, 15) is 14.7 Å². The first-order chi connectivity index (χ1) is 14.6. The van der Waals surface area contributed by atoms with E-state index < -0.39 is 6.03 Å². The summed E-state index contributed by atoms with van der Waals surface area (Å²) < 4.78 is 5.60. The Morgan fingerprint density at radius 3 is 2.33 bits per heavy atom. The molecule has 0 bridgehead atoms. The number of carbonyl (C=O) groups excluding carboxylic acids is 2. The number of pyridine rings is 1. The summed E-state index contributed by atoms with van der Waals surface area (Å²) in [5, 5.41) is 17.2. The number of anilines is 1. The molecule has 1 aromatic heterocycles. The minimum atomic E-state index is -0.409. The van der Waals surface area contributed by atoms with Crippen LogP contribution in [0, 0.1) is 0 Å². The van der Waals surface area contributed by atoms with E-state index in [-0.39, 0.29) is 24.7 Å². The zero-order chi connectivity index (χ0) is 21.2. The van der Waals surface area contributed by atoms with Gasteiger partial charge in [-0.05, 0) is 35.9 Å². The van der Waals surface area contributed by atoms with Crippen molar-refractivity contribution in [3.63, 3.8) is 0 Å². The summed E-state index contributed by atoms with van der Waals surface area (Å²) >= 11 is 0. The van der Waals surface area contributed by atoms with Gasteiger partial charge in [0.1, 0.15) is 12.4 Å². The molecule has 154 valence electrons. The SMILES string of the molecule is O=C(NCCNC(=O)c1ccc(O)cc1)Nc1ccc(OCc2ccccc2)nc1. The first-order valence-corrected chi connectivity index (χ1v) is 9.35. The molecular formula is C22H22N4O4. The highest BCUT2D eigenvalue weighted by Gasteiger charge is 2.06. The van der Waals surface area contributed by atoms with E-state index in [0.717, 1.165) is 5.56 Å². The van der Waals surface area contributed by atoms with Crippen molar-refractivity contribution < 1.29 is 19.4 Å². The number of aromatic hydroxyl groups is 1. The van der Waals surface area contributed by atoms with Crippen LogP contribution in [0.1, 0.15) is 15.9 Å². The Morgan fingerprint density at radius 2 is 1.63 bits per heavy atom. The minimum absolute atomic E-state index is 0.0927. The van der Waals surface area contributed by atoms with Crippen LogP contribution in [-0.4, -0.2) is 35.1 Å². The smallest absolute Gasteiger partial charge is 0.319 e. The number of hydrogen-bond donors (Lipinski definition) is 4. The molecule has 0 spiro atoms. The third-order valence-corrected chi connectivity index (χ3v) is 4.05. The van der Waals surface area contributed by atoms with E-state index in [1.54, 1.807) is 12.1 Å². The number of phenolic OH excluding ortho intramolecular Hbond substituents is 1. The van der Waals surface area contributed by atoms with E-state index >= 15 is 0 Å². The largest absolute Gasteiger partial charge is 0.508 e. The maximum absolute atomic E-state index is 11.9. The third kappa shape index (κ3) is 6.52. The maximum Gasteiger partial charge on any atom is 0.319 e. The number of aromatic nitrogens is 1. The highest BCUT2D eigenvalue weighted by atomic mass is 16.5. The molecule has 30 heavy (non-hydrogen) atoms. The second-order valence-corrected chi connectivity index (χ2v) is 6.34. The number of hydrogen-bond acceptors (Lipinski definition) is 5. The molecule has 1 heterocycles. The predicted octanol–water partition coefficient (Wildman–Crippen LogP) is 2.92. The van der Waals surface area contributed by atoms with Gasteiger partial charge in [-0.2, -0.15) is 0 Å². The van der Waals surface area contributed by atoms with Crippen LogP contribution in [0.4, 0.5) is 10.5 Å². The van der Waals surface area contributed by atoms with E-state index in [0.29, 0.717) is 23.7 Å². The van der Waals surface area contributed by atoms with Gasteiger partial charge in [0.25, 0.3) is 5.91 Å². The van der Waals surface area contributed by atoms with E-state index in [4.69, 9.17) is 4.74 Å². The van der Waals surface area contributed by atoms with Crippen molar-refractivity contribution in [2.75, 3.05) is 18.4 Å². The molecule has 4 N–H and O–H groups in total. The molecule has 8 nitrogen and oxygen atoms in total. The number of amides is 3. The number of benzene rings is 2. The molecule has 0 saturated heterocycles. The first-order valence-electron chi connectivity index (χ1n) is 9.35. The number of nitrogens with zero attached hydrogens (tertiary/aromatic N) is 1. The highest BCUT2D eigenvalue weighted by molar-refractivity contribution is 5.94. The average molecular weight is 406 g/mol. The zero-order valence-corrected chi connectivity index (χ0v) is 16.2. The number of nitrogens with one attached hydrogen (secondary N) is 3. The maximum atomic E-state index is 11.9. The van der Waals surface area contributed by atoms with Crippen molar-refractivity contribution in [2.45, 2.75) is 6.61 Å². The van der Waals surface area contributed by atoms with Crippen molar-refractivity contribution in [1.82, 2.24) is 15.6 Å². The van der Waals surface area contributed by atoms with Crippen LogP contribution >= 0.6 is 0 Å². The van der Waals surface area contributed by atoms with Crippen LogP contribution in [0.2, 0.25) is 0 Å². The lowest BCUT2D eigenvalue weighted by atomic mass is 10.2. The number of carbonyl (C=O) groups is 2. The van der Waals surface area contributed by atoms with Crippen molar-refractivity contribution in [3.05, 3.63) is 84.1 Å². The van der Waals surface area contributed by atoms with Gasteiger partial charge in [-0.3, -0.25) is 4.79 Å². The van der Waals surface area contributed by atoms with Crippen LogP contribution in [0.15, 0.2) is 72.9 Å². The molecule has 0 aliphatic carbocycles. The molecule has 0 atom stereocenters. The van der Waals surface area contributed by atoms with Gasteiger partial charge in [0.15, 0.2) is 0 Å². The molecule has 2 aromatic carbocycles. The van der Waals surface area contributed by atoms with Gasteiger partial charge in [-0.15, -0.1) is 0 Å². The second-order valence-electron chi connectivity index (χ2n) is 6.34. The fourth-order valence-electron chi connectivity index (χ4n) is 2.51. The quantitative estimate of drug-likeness (QED) is 0.430. The standard InChI is InChI=1S/C22H22N4O4/c27-19-9-6-17(7-10-19)21(28)23-12-13-24-22(29)26-18-8-11-20(25-14-18)30-15-16-4-2-1-3-5-16/h1-11,14,27H,12-13,15H2,(H,23,28)(H2,24,26,29). The Bertz CT molecular complexity index is 961. The summed E-state index contributed by atoms with van der Waals surface area (Å²) in [7, 11) is 0. The predicted molar refractivity (Wildman–Crippen MR) is 112 cm³/mol. The molecule has 0 fully saturated rings. The molecule has 3 aromatic rings. The fraction of sp³-hybridized carbons (Fsp3) is 0.136. The van der Waals surface area contributed by atoms with Gasteiger partial charge in [0.2, 0.25) is 5.88 Å².